The van der Waals surface area contributed by atoms with E-state index in [-0.39, 0.29) is 17.5 Å². The van der Waals surface area contributed by atoms with Crippen LogP contribution in [0, 0.1) is 6.92 Å². The van der Waals surface area contributed by atoms with Gasteiger partial charge >= 0.3 is 0 Å². The molecule has 0 aliphatic carbocycles. The lowest BCUT2D eigenvalue weighted by atomic mass is 10.0. The van der Waals surface area contributed by atoms with Crippen LogP contribution in [0.25, 0.3) is 5.57 Å². The quantitative estimate of drug-likeness (QED) is 0.531. The van der Waals surface area contributed by atoms with Crippen molar-refractivity contribution in [2.45, 2.75) is 13.8 Å². The standard InChI is InChI=1S/C27H27N3O3/c1-5-33-23-16-8-19(9-17-23)24-25(28-20-10-14-21(15-11-20)29(3)4)27(32)30(26(24)31)22-12-6-18(2)7-13-22/h6-17,28H,5H2,1-4H3. The van der Waals surface area contributed by atoms with E-state index in [9.17, 15) is 9.59 Å². The highest BCUT2D eigenvalue weighted by Crippen LogP contribution is 2.34. The number of ether oxygens (including phenoxy) is 1. The van der Waals surface area contributed by atoms with Gasteiger partial charge in [-0.05, 0) is 67.9 Å². The Morgan fingerprint density at radius 3 is 2.06 bits per heavy atom. The van der Waals surface area contributed by atoms with Gasteiger partial charge in [0.25, 0.3) is 11.8 Å². The molecule has 0 aromatic heterocycles. The van der Waals surface area contributed by atoms with Gasteiger partial charge < -0.3 is 15.0 Å². The average molecular weight is 442 g/mol. The van der Waals surface area contributed by atoms with Crippen LogP contribution in [0.5, 0.6) is 5.75 Å². The number of anilines is 3. The van der Waals surface area contributed by atoms with E-state index in [0.717, 1.165) is 16.9 Å². The van der Waals surface area contributed by atoms with Gasteiger partial charge in [0.05, 0.1) is 17.9 Å². The Kier molecular flexibility index (Phi) is 6.18. The van der Waals surface area contributed by atoms with Gasteiger partial charge in [0.2, 0.25) is 0 Å². The summed E-state index contributed by atoms with van der Waals surface area (Å²) in [5, 5.41) is 3.20. The van der Waals surface area contributed by atoms with Crippen molar-refractivity contribution in [1.29, 1.82) is 0 Å². The van der Waals surface area contributed by atoms with Crippen LogP contribution in [0.1, 0.15) is 18.1 Å². The number of aryl methyl sites for hydroxylation is 1. The monoisotopic (exact) mass is 441 g/mol. The molecule has 4 rings (SSSR count). The van der Waals surface area contributed by atoms with Crippen molar-refractivity contribution < 1.29 is 14.3 Å². The normalized spacial score (nSPS) is 13.5. The Morgan fingerprint density at radius 2 is 1.48 bits per heavy atom. The van der Waals surface area contributed by atoms with E-state index in [1.54, 1.807) is 24.3 Å². The van der Waals surface area contributed by atoms with E-state index in [1.807, 2.05) is 81.4 Å². The molecule has 0 atom stereocenters. The lowest BCUT2D eigenvalue weighted by Gasteiger charge is -2.16. The van der Waals surface area contributed by atoms with Crippen molar-refractivity contribution in [2.75, 3.05) is 35.8 Å². The zero-order chi connectivity index (χ0) is 23.5. The molecule has 0 radical (unpaired) electrons. The summed E-state index contributed by atoms with van der Waals surface area (Å²) >= 11 is 0. The summed E-state index contributed by atoms with van der Waals surface area (Å²) in [6, 6.07) is 22.3. The van der Waals surface area contributed by atoms with Gasteiger partial charge in [-0.2, -0.15) is 0 Å². The second kappa shape index (κ2) is 9.20. The minimum absolute atomic E-state index is 0.252. The van der Waals surface area contributed by atoms with Crippen LogP contribution < -0.4 is 19.9 Å². The maximum Gasteiger partial charge on any atom is 0.282 e. The number of benzene rings is 3. The predicted octanol–water partition coefficient (Wildman–Crippen LogP) is 4.86. The smallest absolute Gasteiger partial charge is 0.282 e. The Morgan fingerprint density at radius 1 is 0.848 bits per heavy atom. The van der Waals surface area contributed by atoms with Crippen LogP contribution in [0.3, 0.4) is 0 Å². The largest absolute Gasteiger partial charge is 0.494 e. The molecule has 6 nitrogen and oxygen atoms in total. The first-order valence-electron chi connectivity index (χ1n) is 10.9. The summed E-state index contributed by atoms with van der Waals surface area (Å²) in [6.07, 6.45) is 0. The molecule has 168 valence electrons. The minimum atomic E-state index is -0.385. The molecule has 1 aliphatic heterocycles. The molecule has 0 saturated carbocycles. The second-order valence-corrected chi connectivity index (χ2v) is 8.05. The summed E-state index contributed by atoms with van der Waals surface area (Å²) in [5.74, 6) is -0.0346. The molecule has 0 unspecified atom stereocenters. The van der Waals surface area contributed by atoms with Crippen molar-refractivity contribution in [3.63, 3.8) is 0 Å². The molecule has 3 aromatic carbocycles. The van der Waals surface area contributed by atoms with Gasteiger partial charge in [-0.15, -0.1) is 0 Å². The third-order valence-corrected chi connectivity index (χ3v) is 5.48. The zero-order valence-electron chi connectivity index (χ0n) is 19.3. The molecule has 33 heavy (non-hydrogen) atoms. The van der Waals surface area contributed by atoms with Gasteiger partial charge in [0, 0.05) is 25.5 Å². The summed E-state index contributed by atoms with van der Waals surface area (Å²) in [7, 11) is 3.93. The van der Waals surface area contributed by atoms with E-state index in [4.69, 9.17) is 4.74 Å². The van der Waals surface area contributed by atoms with Crippen LogP contribution in [0.2, 0.25) is 0 Å². The molecule has 6 heteroatoms. The molecular weight excluding hydrogens is 414 g/mol. The van der Waals surface area contributed by atoms with Crippen molar-refractivity contribution >= 4 is 34.4 Å². The highest BCUT2D eigenvalue weighted by Gasteiger charge is 2.40. The predicted molar refractivity (Wildman–Crippen MR) is 133 cm³/mol. The fourth-order valence-corrected chi connectivity index (χ4v) is 3.71. The number of amides is 2. The first-order chi connectivity index (χ1) is 15.9. The summed E-state index contributed by atoms with van der Waals surface area (Å²) in [4.78, 5) is 30.2. The van der Waals surface area contributed by atoms with Crippen molar-refractivity contribution in [2.24, 2.45) is 0 Å². The molecule has 0 bridgehead atoms. The number of carbonyl (C=O) groups is 2. The number of carbonyl (C=O) groups excluding carboxylic acids is 2. The van der Waals surface area contributed by atoms with E-state index in [2.05, 4.69) is 5.32 Å². The number of nitrogens with one attached hydrogen (secondary N) is 1. The number of imide groups is 1. The molecule has 0 fully saturated rings. The van der Waals surface area contributed by atoms with Crippen molar-refractivity contribution in [3.05, 3.63) is 89.6 Å². The van der Waals surface area contributed by atoms with Gasteiger partial charge in [-0.3, -0.25) is 9.59 Å². The van der Waals surface area contributed by atoms with Crippen LogP contribution in [0.4, 0.5) is 17.1 Å². The van der Waals surface area contributed by atoms with Crippen molar-refractivity contribution in [3.8, 4) is 5.75 Å². The Bertz CT molecular complexity index is 1190. The Hall–Kier alpha value is -4.06. The highest BCUT2D eigenvalue weighted by atomic mass is 16.5. The summed E-state index contributed by atoms with van der Waals surface area (Å²) in [6.45, 7) is 4.43. The zero-order valence-corrected chi connectivity index (χ0v) is 19.3. The number of nitrogens with zero attached hydrogens (tertiary/aromatic N) is 2. The number of hydrogen-bond donors (Lipinski definition) is 1. The lowest BCUT2D eigenvalue weighted by Crippen LogP contribution is -2.32. The molecule has 1 N–H and O–H groups in total. The summed E-state index contributed by atoms with van der Waals surface area (Å²) < 4.78 is 5.53. The lowest BCUT2D eigenvalue weighted by molar-refractivity contribution is -0.120. The third kappa shape index (κ3) is 4.46. The molecule has 3 aromatic rings. The minimum Gasteiger partial charge on any atom is -0.494 e. The molecule has 1 aliphatic rings. The van der Waals surface area contributed by atoms with Gasteiger partial charge in [0.15, 0.2) is 0 Å². The topological polar surface area (TPSA) is 61.9 Å². The average Bonchev–Trinajstić information content (AvgIpc) is 3.05. The fraction of sp³-hybridized carbons (Fsp3) is 0.185. The fourth-order valence-electron chi connectivity index (χ4n) is 3.71. The first kappa shape index (κ1) is 22.1. The van der Waals surface area contributed by atoms with Gasteiger partial charge in [0.1, 0.15) is 11.4 Å². The molecule has 1 heterocycles. The maximum absolute atomic E-state index is 13.5. The SMILES string of the molecule is CCOc1ccc(C2=C(Nc3ccc(N(C)C)cc3)C(=O)N(c3ccc(C)cc3)C2=O)cc1. The maximum atomic E-state index is 13.5. The summed E-state index contributed by atoms with van der Waals surface area (Å²) in [5.41, 5.74) is 4.60. The molecule has 0 spiro atoms. The molecular formula is C27H27N3O3. The second-order valence-electron chi connectivity index (χ2n) is 8.05. The van der Waals surface area contributed by atoms with E-state index in [0.29, 0.717) is 29.2 Å². The third-order valence-electron chi connectivity index (χ3n) is 5.48. The van der Waals surface area contributed by atoms with E-state index in [1.165, 1.54) is 4.90 Å². The molecule has 0 saturated heterocycles. The Labute approximate surface area is 194 Å². The molecule has 2 amide bonds. The Balaban J connectivity index is 1.75. The first-order valence-corrected chi connectivity index (χ1v) is 10.9. The van der Waals surface area contributed by atoms with Crippen molar-refractivity contribution in [1.82, 2.24) is 0 Å². The highest BCUT2D eigenvalue weighted by molar-refractivity contribution is 6.46. The van der Waals surface area contributed by atoms with Crippen LogP contribution in [-0.2, 0) is 9.59 Å². The van der Waals surface area contributed by atoms with Crippen LogP contribution in [0.15, 0.2) is 78.5 Å². The van der Waals surface area contributed by atoms with Crippen LogP contribution in [-0.4, -0.2) is 32.5 Å². The van der Waals surface area contributed by atoms with Gasteiger partial charge in [-0.25, -0.2) is 4.90 Å². The van der Waals surface area contributed by atoms with E-state index < -0.39 is 0 Å². The van der Waals surface area contributed by atoms with Crippen LogP contribution >= 0.6 is 0 Å². The van der Waals surface area contributed by atoms with Gasteiger partial charge in [-0.1, -0.05) is 29.8 Å². The number of rotatable bonds is 7. The number of hydrogen-bond acceptors (Lipinski definition) is 5. The van der Waals surface area contributed by atoms with E-state index >= 15 is 0 Å².